The molecule has 0 spiro atoms. The summed E-state index contributed by atoms with van der Waals surface area (Å²) in [6.45, 7) is 4.83. The molecule has 1 unspecified atom stereocenters. The standard InChI is InChI=1S/C26H31N3O3S/c1-20(30)28-15-17-29(18-16-28)23-13-14-25(33(2,31)32)24(19-23)27-26(21-9-5-3-6-10-21)22-11-7-4-8-12-22/h3-14,19-20,26-27,30H,15-18H2,1-2H3. The van der Waals surface area contributed by atoms with E-state index < -0.39 is 16.1 Å². The molecule has 0 aromatic heterocycles. The maximum absolute atomic E-state index is 12.6. The van der Waals surface area contributed by atoms with E-state index in [0.29, 0.717) is 5.69 Å². The van der Waals surface area contributed by atoms with Crippen LogP contribution in [0.3, 0.4) is 0 Å². The van der Waals surface area contributed by atoms with Gasteiger partial charge in [-0.3, -0.25) is 4.90 Å². The fraction of sp³-hybridized carbons (Fsp3) is 0.308. The Bertz CT molecular complexity index is 1120. The minimum atomic E-state index is -3.43. The molecule has 1 fully saturated rings. The number of hydrogen-bond donors (Lipinski definition) is 2. The second-order valence-electron chi connectivity index (χ2n) is 8.51. The molecule has 0 amide bonds. The third-order valence-electron chi connectivity index (χ3n) is 6.14. The van der Waals surface area contributed by atoms with Crippen molar-refractivity contribution < 1.29 is 13.5 Å². The van der Waals surface area contributed by atoms with Gasteiger partial charge in [0.1, 0.15) is 6.23 Å². The van der Waals surface area contributed by atoms with Crippen LogP contribution in [0.25, 0.3) is 0 Å². The number of piperazine rings is 1. The lowest BCUT2D eigenvalue weighted by atomic mass is 9.98. The molecule has 3 aromatic carbocycles. The summed E-state index contributed by atoms with van der Waals surface area (Å²) < 4.78 is 25.3. The molecule has 1 aliphatic rings. The zero-order valence-electron chi connectivity index (χ0n) is 19.1. The zero-order valence-corrected chi connectivity index (χ0v) is 19.9. The lowest BCUT2D eigenvalue weighted by Crippen LogP contribution is -2.49. The van der Waals surface area contributed by atoms with Crippen LogP contribution in [0.2, 0.25) is 0 Å². The predicted octanol–water partition coefficient (Wildman–Crippen LogP) is 3.75. The van der Waals surface area contributed by atoms with Gasteiger partial charge in [0, 0.05) is 38.1 Å². The minimum absolute atomic E-state index is 0.199. The van der Waals surface area contributed by atoms with Crippen molar-refractivity contribution in [3.8, 4) is 0 Å². The molecule has 2 N–H and O–H groups in total. The fourth-order valence-corrected chi connectivity index (χ4v) is 5.14. The van der Waals surface area contributed by atoms with Gasteiger partial charge in [0.05, 0.1) is 16.6 Å². The van der Waals surface area contributed by atoms with Crippen molar-refractivity contribution in [2.24, 2.45) is 0 Å². The van der Waals surface area contributed by atoms with Gasteiger partial charge in [0.2, 0.25) is 0 Å². The number of sulfone groups is 1. The van der Waals surface area contributed by atoms with Crippen LogP contribution in [0, 0.1) is 0 Å². The summed E-state index contributed by atoms with van der Waals surface area (Å²) in [6, 6.07) is 25.4. The maximum atomic E-state index is 12.6. The average molecular weight is 466 g/mol. The van der Waals surface area contributed by atoms with E-state index in [-0.39, 0.29) is 10.9 Å². The van der Waals surface area contributed by atoms with E-state index in [9.17, 15) is 13.5 Å². The van der Waals surface area contributed by atoms with Crippen LogP contribution in [0.1, 0.15) is 24.1 Å². The van der Waals surface area contributed by atoms with Crippen molar-refractivity contribution in [1.29, 1.82) is 0 Å². The van der Waals surface area contributed by atoms with Gasteiger partial charge in [-0.2, -0.15) is 0 Å². The second kappa shape index (κ2) is 9.95. The molecule has 0 saturated carbocycles. The fourth-order valence-electron chi connectivity index (χ4n) is 4.31. The van der Waals surface area contributed by atoms with Gasteiger partial charge in [-0.25, -0.2) is 8.42 Å². The van der Waals surface area contributed by atoms with Gasteiger partial charge in [-0.1, -0.05) is 60.7 Å². The number of benzene rings is 3. The number of nitrogens with zero attached hydrogens (tertiary/aromatic N) is 2. The molecule has 0 bridgehead atoms. The lowest BCUT2D eigenvalue weighted by Gasteiger charge is -2.37. The summed E-state index contributed by atoms with van der Waals surface area (Å²) in [4.78, 5) is 4.54. The third-order valence-corrected chi connectivity index (χ3v) is 7.29. The summed E-state index contributed by atoms with van der Waals surface area (Å²) in [6.07, 6.45) is 0.781. The SMILES string of the molecule is CC(O)N1CCN(c2ccc(S(C)(=O)=O)c(NC(c3ccccc3)c3ccccc3)c2)CC1. The molecule has 7 heteroatoms. The predicted molar refractivity (Wildman–Crippen MR) is 133 cm³/mol. The molecular formula is C26H31N3O3S. The van der Waals surface area contributed by atoms with Gasteiger partial charge in [0.25, 0.3) is 0 Å². The highest BCUT2D eigenvalue weighted by Gasteiger charge is 2.23. The molecule has 4 rings (SSSR count). The third kappa shape index (κ3) is 5.55. The minimum Gasteiger partial charge on any atom is -0.379 e. The Balaban J connectivity index is 1.70. The molecule has 1 heterocycles. The van der Waals surface area contributed by atoms with E-state index in [1.807, 2.05) is 77.7 Å². The Labute approximate surface area is 196 Å². The van der Waals surface area contributed by atoms with Gasteiger partial charge in [0.15, 0.2) is 9.84 Å². The van der Waals surface area contributed by atoms with Crippen molar-refractivity contribution in [1.82, 2.24) is 4.90 Å². The normalized spacial score (nSPS) is 16.1. The van der Waals surface area contributed by atoms with Crippen molar-refractivity contribution >= 4 is 21.2 Å². The van der Waals surface area contributed by atoms with E-state index in [2.05, 4.69) is 10.2 Å². The number of anilines is 2. The number of hydrogen-bond acceptors (Lipinski definition) is 6. The average Bonchev–Trinajstić information content (AvgIpc) is 2.83. The number of aliphatic hydroxyl groups excluding tert-OH is 1. The Morgan fingerprint density at radius 3 is 1.88 bits per heavy atom. The molecule has 0 radical (unpaired) electrons. The Kier molecular flexibility index (Phi) is 7.02. The Hall–Kier alpha value is -2.87. The first-order chi connectivity index (χ1) is 15.8. The maximum Gasteiger partial charge on any atom is 0.177 e. The topological polar surface area (TPSA) is 72.9 Å². The molecule has 6 nitrogen and oxygen atoms in total. The largest absolute Gasteiger partial charge is 0.379 e. The highest BCUT2D eigenvalue weighted by molar-refractivity contribution is 7.90. The summed E-state index contributed by atoms with van der Waals surface area (Å²) in [5.41, 5.74) is 3.67. The van der Waals surface area contributed by atoms with Crippen LogP contribution in [-0.4, -0.2) is 57.1 Å². The summed E-state index contributed by atoms with van der Waals surface area (Å²) in [5.74, 6) is 0. The lowest BCUT2D eigenvalue weighted by molar-refractivity contribution is 0.0153. The van der Waals surface area contributed by atoms with Crippen LogP contribution in [0.4, 0.5) is 11.4 Å². The molecule has 1 saturated heterocycles. The Morgan fingerprint density at radius 2 is 1.39 bits per heavy atom. The first-order valence-corrected chi connectivity index (χ1v) is 13.1. The van der Waals surface area contributed by atoms with Crippen molar-refractivity contribution in [2.45, 2.75) is 24.1 Å². The second-order valence-corrected chi connectivity index (χ2v) is 10.5. The Morgan fingerprint density at radius 1 is 0.848 bits per heavy atom. The molecule has 0 aliphatic carbocycles. The smallest absolute Gasteiger partial charge is 0.177 e. The highest BCUT2D eigenvalue weighted by Crippen LogP contribution is 2.33. The van der Waals surface area contributed by atoms with Crippen LogP contribution in [-0.2, 0) is 9.84 Å². The van der Waals surface area contributed by atoms with Crippen molar-refractivity contribution in [2.75, 3.05) is 42.7 Å². The molecule has 1 aliphatic heterocycles. The quantitative estimate of drug-likeness (QED) is 0.554. The van der Waals surface area contributed by atoms with E-state index in [1.165, 1.54) is 6.26 Å². The number of nitrogens with one attached hydrogen (secondary N) is 1. The molecule has 1 atom stereocenters. The van der Waals surface area contributed by atoms with Gasteiger partial charge < -0.3 is 15.3 Å². The molecule has 33 heavy (non-hydrogen) atoms. The van der Waals surface area contributed by atoms with E-state index >= 15 is 0 Å². The molecule has 3 aromatic rings. The first-order valence-electron chi connectivity index (χ1n) is 11.2. The summed E-state index contributed by atoms with van der Waals surface area (Å²) >= 11 is 0. The van der Waals surface area contributed by atoms with Crippen molar-refractivity contribution in [3.63, 3.8) is 0 Å². The summed E-state index contributed by atoms with van der Waals surface area (Å²) in [7, 11) is -3.43. The van der Waals surface area contributed by atoms with Crippen LogP contribution in [0.5, 0.6) is 0 Å². The molecular weight excluding hydrogens is 434 g/mol. The van der Waals surface area contributed by atoms with Crippen molar-refractivity contribution in [3.05, 3.63) is 90.0 Å². The van der Waals surface area contributed by atoms with Crippen LogP contribution < -0.4 is 10.2 Å². The van der Waals surface area contributed by atoms with Crippen LogP contribution >= 0.6 is 0 Å². The zero-order chi connectivity index (χ0) is 23.4. The molecule has 174 valence electrons. The summed E-state index contributed by atoms with van der Waals surface area (Å²) in [5, 5.41) is 13.4. The van der Waals surface area contributed by atoms with Gasteiger partial charge in [-0.15, -0.1) is 0 Å². The van der Waals surface area contributed by atoms with Gasteiger partial charge >= 0.3 is 0 Å². The monoisotopic (exact) mass is 465 g/mol. The van der Waals surface area contributed by atoms with Crippen LogP contribution in [0.15, 0.2) is 83.8 Å². The van der Waals surface area contributed by atoms with Gasteiger partial charge in [-0.05, 0) is 36.2 Å². The van der Waals surface area contributed by atoms with E-state index in [1.54, 1.807) is 13.0 Å². The van der Waals surface area contributed by atoms with E-state index in [0.717, 1.165) is 43.0 Å². The number of rotatable bonds is 7. The highest BCUT2D eigenvalue weighted by atomic mass is 32.2. The first kappa shape index (κ1) is 23.3. The number of aliphatic hydroxyl groups is 1. The van der Waals surface area contributed by atoms with E-state index in [4.69, 9.17) is 0 Å².